The summed E-state index contributed by atoms with van der Waals surface area (Å²) in [4.78, 5) is 14.1. The van der Waals surface area contributed by atoms with Crippen LogP contribution in [-0.4, -0.2) is 22.6 Å². The Labute approximate surface area is 98.5 Å². The maximum atomic E-state index is 10.4. The lowest BCUT2D eigenvalue weighted by molar-refractivity contribution is -0.404. The number of aryl methyl sites for hydroxylation is 1. The first-order chi connectivity index (χ1) is 8.15. The summed E-state index contributed by atoms with van der Waals surface area (Å²) in [5.74, 6) is 0.624. The molecule has 1 N–H and O–H groups in total. The van der Waals surface area contributed by atoms with E-state index in [1.165, 1.54) is 0 Å². The van der Waals surface area contributed by atoms with E-state index in [9.17, 15) is 10.1 Å². The Bertz CT molecular complexity index is 442. The Morgan fingerprint density at radius 2 is 2.47 bits per heavy atom. The minimum Gasteiger partial charge on any atom is -0.482 e. The van der Waals surface area contributed by atoms with Gasteiger partial charge in [-0.1, -0.05) is 0 Å². The number of nitro groups is 1. The Morgan fingerprint density at radius 1 is 1.65 bits per heavy atom. The highest BCUT2D eigenvalue weighted by Crippen LogP contribution is 2.19. The number of hydrogen-bond donors (Lipinski definition) is 1. The summed E-state index contributed by atoms with van der Waals surface area (Å²) >= 11 is 0. The van der Waals surface area contributed by atoms with Crippen molar-refractivity contribution in [1.82, 2.24) is 10.3 Å². The van der Waals surface area contributed by atoms with Gasteiger partial charge in [-0.2, -0.15) is 0 Å². The highest BCUT2D eigenvalue weighted by atomic mass is 16.6. The fourth-order valence-corrected chi connectivity index (χ4v) is 1.67. The molecule has 1 atom stereocenters. The smallest absolute Gasteiger partial charge is 0.257 e. The topological polar surface area (TPSA) is 77.3 Å². The highest BCUT2D eigenvalue weighted by Gasteiger charge is 2.25. The fourth-order valence-electron chi connectivity index (χ4n) is 1.67. The van der Waals surface area contributed by atoms with E-state index in [1.807, 2.05) is 19.1 Å². The first-order valence-electron chi connectivity index (χ1n) is 5.33. The van der Waals surface area contributed by atoms with Crippen LogP contribution in [0.3, 0.4) is 0 Å². The minimum absolute atomic E-state index is 0.287. The molecule has 1 aliphatic rings. The zero-order chi connectivity index (χ0) is 12.3. The van der Waals surface area contributed by atoms with E-state index in [4.69, 9.17) is 4.74 Å². The van der Waals surface area contributed by atoms with Crippen LogP contribution in [0, 0.1) is 17.0 Å². The van der Waals surface area contributed by atoms with Gasteiger partial charge in [-0.3, -0.25) is 15.1 Å². The molecule has 0 amide bonds. The molecular formula is C11H13N3O3. The molecule has 2 heterocycles. The third kappa shape index (κ3) is 2.93. The molecule has 1 aliphatic heterocycles. The van der Waals surface area contributed by atoms with E-state index in [0.29, 0.717) is 24.4 Å². The molecule has 90 valence electrons. The quantitative estimate of drug-likeness (QED) is 0.630. The number of nitrogens with zero attached hydrogens (tertiary/aromatic N) is 2. The van der Waals surface area contributed by atoms with Crippen molar-refractivity contribution in [1.29, 1.82) is 0 Å². The Hall–Kier alpha value is -2.11. The second kappa shape index (κ2) is 4.82. The molecule has 1 unspecified atom stereocenters. The van der Waals surface area contributed by atoms with Crippen LogP contribution in [0.25, 0.3) is 0 Å². The number of rotatable bonds is 3. The molecule has 1 fully saturated rings. The number of pyridine rings is 1. The van der Waals surface area contributed by atoms with Gasteiger partial charge >= 0.3 is 0 Å². The van der Waals surface area contributed by atoms with Gasteiger partial charge in [0, 0.05) is 18.7 Å². The number of nitrogens with one attached hydrogen (secondary N) is 1. The fraction of sp³-hybridized carbons (Fsp3) is 0.364. The van der Waals surface area contributed by atoms with E-state index in [1.54, 1.807) is 6.20 Å². The van der Waals surface area contributed by atoms with Crippen LogP contribution in [0.2, 0.25) is 0 Å². The van der Waals surface area contributed by atoms with Crippen molar-refractivity contribution in [2.45, 2.75) is 19.4 Å². The van der Waals surface area contributed by atoms with E-state index < -0.39 is 4.92 Å². The zero-order valence-electron chi connectivity index (χ0n) is 9.42. The van der Waals surface area contributed by atoms with Crippen molar-refractivity contribution in [2.75, 3.05) is 6.54 Å². The molecule has 0 saturated carbocycles. The van der Waals surface area contributed by atoms with E-state index >= 15 is 0 Å². The summed E-state index contributed by atoms with van der Waals surface area (Å²) in [6.07, 6.45) is 3.01. The molecule has 1 aromatic rings. The summed E-state index contributed by atoms with van der Waals surface area (Å²) in [7, 11) is 0. The van der Waals surface area contributed by atoms with E-state index in [0.717, 1.165) is 11.9 Å². The lowest BCUT2D eigenvalue weighted by atomic mass is 10.2. The first kappa shape index (κ1) is 11.4. The lowest BCUT2D eigenvalue weighted by Crippen LogP contribution is -2.19. The Kier molecular flexibility index (Phi) is 3.22. The Morgan fingerprint density at radius 3 is 3.12 bits per heavy atom. The van der Waals surface area contributed by atoms with Gasteiger partial charge in [0.2, 0.25) is 0 Å². The molecule has 0 bridgehead atoms. The van der Waals surface area contributed by atoms with Crippen LogP contribution in [-0.2, 0) is 0 Å². The average Bonchev–Trinajstić information content (AvgIpc) is 2.68. The van der Waals surface area contributed by atoms with E-state index in [-0.39, 0.29) is 6.10 Å². The molecular weight excluding hydrogens is 222 g/mol. The van der Waals surface area contributed by atoms with Crippen LogP contribution in [0.5, 0.6) is 5.75 Å². The van der Waals surface area contributed by atoms with Gasteiger partial charge in [0.15, 0.2) is 0 Å². The van der Waals surface area contributed by atoms with Crippen molar-refractivity contribution in [3.05, 3.63) is 46.0 Å². The van der Waals surface area contributed by atoms with Gasteiger partial charge in [0.25, 0.3) is 6.20 Å². The first-order valence-corrected chi connectivity index (χ1v) is 5.33. The second-order valence-corrected chi connectivity index (χ2v) is 3.83. The van der Waals surface area contributed by atoms with Crippen LogP contribution in [0.4, 0.5) is 0 Å². The van der Waals surface area contributed by atoms with Crippen molar-refractivity contribution < 1.29 is 9.66 Å². The molecule has 1 saturated heterocycles. The van der Waals surface area contributed by atoms with E-state index in [2.05, 4.69) is 10.3 Å². The van der Waals surface area contributed by atoms with Gasteiger partial charge in [-0.05, 0) is 19.1 Å². The third-order valence-corrected chi connectivity index (χ3v) is 2.49. The molecule has 0 aromatic carbocycles. The summed E-state index contributed by atoms with van der Waals surface area (Å²) < 4.78 is 5.65. The molecule has 0 spiro atoms. The average molecular weight is 235 g/mol. The molecule has 0 aliphatic carbocycles. The lowest BCUT2D eigenvalue weighted by Gasteiger charge is -2.12. The largest absolute Gasteiger partial charge is 0.482 e. The number of aromatic nitrogens is 1. The summed E-state index contributed by atoms with van der Waals surface area (Å²) in [6.45, 7) is 2.57. The normalized spacial score (nSPS) is 21.2. The maximum absolute atomic E-state index is 10.4. The minimum atomic E-state index is -0.475. The molecule has 2 rings (SSSR count). The molecule has 0 radical (unpaired) electrons. The van der Waals surface area contributed by atoms with Crippen LogP contribution in [0.1, 0.15) is 12.1 Å². The summed E-state index contributed by atoms with van der Waals surface area (Å²) in [5, 5.41) is 13.4. The van der Waals surface area contributed by atoms with Crippen molar-refractivity contribution in [3.63, 3.8) is 0 Å². The number of hydrogen-bond acceptors (Lipinski definition) is 5. The molecule has 6 nitrogen and oxygen atoms in total. The van der Waals surface area contributed by atoms with Crippen LogP contribution >= 0.6 is 0 Å². The van der Waals surface area contributed by atoms with Gasteiger partial charge in [-0.25, -0.2) is 0 Å². The maximum Gasteiger partial charge on any atom is 0.257 e. The van der Waals surface area contributed by atoms with Gasteiger partial charge < -0.3 is 10.1 Å². The third-order valence-electron chi connectivity index (χ3n) is 2.49. The van der Waals surface area contributed by atoms with Gasteiger partial charge in [0.1, 0.15) is 17.6 Å². The van der Waals surface area contributed by atoms with Crippen molar-refractivity contribution >= 4 is 0 Å². The second-order valence-electron chi connectivity index (χ2n) is 3.83. The van der Waals surface area contributed by atoms with Gasteiger partial charge in [0.05, 0.1) is 11.1 Å². The summed E-state index contributed by atoms with van der Waals surface area (Å²) in [6, 6.07) is 3.65. The standard InChI is InChI=1S/C11H13N3O3/c1-8-2-3-9(6-13-8)17-11-4-5-12-10(11)7-14(15)16/h2-3,6-7,11-12H,4-5H2,1H3/b10-7-. The van der Waals surface area contributed by atoms with Gasteiger partial charge in [-0.15, -0.1) is 0 Å². The predicted octanol–water partition coefficient (Wildman–Crippen LogP) is 1.25. The zero-order valence-corrected chi connectivity index (χ0v) is 9.42. The molecule has 17 heavy (non-hydrogen) atoms. The van der Waals surface area contributed by atoms with Crippen molar-refractivity contribution in [3.8, 4) is 5.75 Å². The SMILES string of the molecule is Cc1ccc(OC2CCN/C2=C\[N+](=O)[O-])cn1. The van der Waals surface area contributed by atoms with Crippen LogP contribution in [0.15, 0.2) is 30.2 Å². The summed E-state index contributed by atoms with van der Waals surface area (Å²) in [5.41, 5.74) is 1.42. The highest BCUT2D eigenvalue weighted by molar-refractivity contribution is 5.22. The molecule has 6 heteroatoms. The van der Waals surface area contributed by atoms with Crippen LogP contribution < -0.4 is 10.1 Å². The Balaban J connectivity index is 2.07. The monoisotopic (exact) mass is 235 g/mol. The van der Waals surface area contributed by atoms with Crippen molar-refractivity contribution in [2.24, 2.45) is 0 Å². The number of ether oxygens (including phenoxy) is 1. The molecule has 1 aromatic heterocycles. The predicted molar refractivity (Wildman–Crippen MR) is 61.1 cm³/mol.